The topological polar surface area (TPSA) is 99.2 Å². The molecule has 0 bridgehead atoms. The average Bonchev–Trinajstić information content (AvgIpc) is 3.07. The number of rotatable bonds is 9. The molecule has 2 rings (SSSR count). The lowest BCUT2D eigenvalue weighted by Gasteiger charge is -2.28. The molecule has 0 saturated carbocycles. The SMILES string of the molecule is CCCC[C@H](CN(O)C=O)C(=O)N1CO[C@H](C)[C@H]1C(=O)Nc1ccc(F)cc1. The number of anilines is 1. The minimum Gasteiger partial charge on any atom is -0.355 e. The lowest BCUT2D eigenvalue weighted by atomic mass is 9.99. The Morgan fingerprint density at radius 1 is 1.43 bits per heavy atom. The van der Waals surface area contributed by atoms with E-state index in [1.54, 1.807) is 6.92 Å². The third-order valence-electron chi connectivity index (χ3n) is 4.70. The van der Waals surface area contributed by atoms with Crippen molar-refractivity contribution in [2.24, 2.45) is 5.92 Å². The number of hydrogen-bond acceptors (Lipinski definition) is 5. The Morgan fingerprint density at radius 3 is 2.71 bits per heavy atom. The number of amides is 3. The molecule has 1 heterocycles. The van der Waals surface area contributed by atoms with Gasteiger partial charge in [-0.2, -0.15) is 0 Å². The van der Waals surface area contributed by atoms with E-state index in [2.05, 4.69) is 5.32 Å². The van der Waals surface area contributed by atoms with Crippen LogP contribution >= 0.6 is 0 Å². The second-order valence-electron chi connectivity index (χ2n) is 6.82. The molecule has 0 aromatic heterocycles. The van der Waals surface area contributed by atoms with E-state index in [0.29, 0.717) is 17.2 Å². The van der Waals surface area contributed by atoms with Crippen molar-refractivity contribution in [1.29, 1.82) is 0 Å². The zero-order valence-electron chi connectivity index (χ0n) is 16.0. The molecule has 1 aromatic rings. The fourth-order valence-electron chi connectivity index (χ4n) is 3.17. The highest BCUT2D eigenvalue weighted by Crippen LogP contribution is 2.24. The van der Waals surface area contributed by atoms with Crippen molar-refractivity contribution < 1.29 is 28.7 Å². The first-order chi connectivity index (χ1) is 13.4. The third-order valence-corrected chi connectivity index (χ3v) is 4.70. The maximum absolute atomic E-state index is 13.0. The van der Waals surface area contributed by atoms with Crippen molar-refractivity contribution in [2.45, 2.75) is 45.3 Å². The monoisotopic (exact) mass is 395 g/mol. The predicted molar refractivity (Wildman–Crippen MR) is 98.6 cm³/mol. The number of nitrogens with zero attached hydrogens (tertiary/aromatic N) is 2. The van der Waals surface area contributed by atoms with Gasteiger partial charge in [-0.25, -0.2) is 9.45 Å². The van der Waals surface area contributed by atoms with Gasteiger partial charge in [-0.15, -0.1) is 0 Å². The first-order valence-corrected chi connectivity index (χ1v) is 9.26. The van der Waals surface area contributed by atoms with Crippen LogP contribution in [-0.2, 0) is 19.1 Å². The Bertz CT molecular complexity index is 685. The summed E-state index contributed by atoms with van der Waals surface area (Å²) in [7, 11) is 0. The molecule has 0 aliphatic carbocycles. The molecule has 0 radical (unpaired) electrons. The van der Waals surface area contributed by atoms with Gasteiger partial charge in [0, 0.05) is 5.69 Å². The summed E-state index contributed by atoms with van der Waals surface area (Å²) in [6.07, 6.45) is 1.76. The largest absolute Gasteiger partial charge is 0.355 e. The molecule has 3 atom stereocenters. The lowest BCUT2D eigenvalue weighted by molar-refractivity contribution is -0.158. The maximum Gasteiger partial charge on any atom is 0.249 e. The van der Waals surface area contributed by atoms with E-state index in [0.717, 1.165) is 12.8 Å². The van der Waals surface area contributed by atoms with Crippen LogP contribution in [0.1, 0.15) is 33.1 Å². The fourth-order valence-corrected chi connectivity index (χ4v) is 3.17. The van der Waals surface area contributed by atoms with Gasteiger partial charge in [-0.3, -0.25) is 19.6 Å². The summed E-state index contributed by atoms with van der Waals surface area (Å²) in [6, 6.07) is 4.44. The Balaban J connectivity index is 2.13. The molecular weight excluding hydrogens is 369 g/mol. The third kappa shape index (κ3) is 5.49. The molecule has 1 saturated heterocycles. The normalized spacial score (nSPS) is 19.9. The van der Waals surface area contributed by atoms with Crippen molar-refractivity contribution in [1.82, 2.24) is 9.96 Å². The van der Waals surface area contributed by atoms with Crippen LogP contribution in [0.5, 0.6) is 0 Å². The van der Waals surface area contributed by atoms with Crippen LogP contribution in [0.25, 0.3) is 0 Å². The van der Waals surface area contributed by atoms with Gasteiger partial charge in [-0.1, -0.05) is 19.8 Å². The summed E-state index contributed by atoms with van der Waals surface area (Å²) < 4.78 is 18.5. The van der Waals surface area contributed by atoms with Gasteiger partial charge in [0.25, 0.3) is 0 Å². The first kappa shape index (κ1) is 21.8. The minimum absolute atomic E-state index is 0.0589. The molecule has 0 spiro atoms. The number of benzene rings is 1. The molecular formula is C19H26FN3O5. The highest BCUT2D eigenvalue weighted by Gasteiger charge is 2.42. The van der Waals surface area contributed by atoms with Crippen molar-refractivity contribution in [3.8, 4) is 0 Å². The van der Waals surface area contributed by atoms with Gasteiger partial charge >= 0.3 is 0 Å². The maximum atomic E-state index is 13.0. The highest BCUT2D eigenvalue weighted by molar-refractivity contribution is 5.98. The molecule has 3 amide bonds. The number of halogens is 1. The number of ether oxygens (including phenoxy) is 1. The number of carbonyl (C=O) groups is 3. The average molecular weight is 395 g/mol. The second-order valence-corrected chi connectivity index (χ2v) is 6.82. The predicted octanol–water partition coefficient (Wildman–Crippen LogP) is 1.99. The van der Waals surface area contributed by atoms with E-state index < -0.39 is 29.8 Å². The summed E-state index contributed by atoms with van der Waals surface area (Å²) >= 11 is 0. The smallest absolute Gasteiger partial charge is 0.249 e. The number of nitrogens with one attached hydrogen (secondary N) is 1. The van der Waals surface area contributed by atoms with Crippen molar-refractivity contribution in [2.75, 3.05) is 18.6 Å². The quantitative estimate of drug-likeness (QED) is 0.378. The van der Waals surface area contributed by atoms with Crippen LogP contribution in [0.15, 0.2) is 24.3 Å². The molecule has 1 aromatic carbocycles. The fraction of sp³-hybridized carbons (Fsp3) is 0.526. The van der Waals surface area contributed by atoms with Crippen LogP contribution in [0, 0.1) is 11.7 Å². The van der Waals surface area contributed by atoms with Crippen molar-refractivity contribution >= 4 is 23.9 Å². The van der Waals surface area contributed by atoms with Crippen molar-refractivity contribution in [3.05, 3.63) is 30.1 Å². The number of hydroxylamine groups is 2. The molecule has 2 N–H and O–H groups in total. The van der Waals surface area contributed by atoms with Crippen LogP contribution in [0.3, 0.4) is 0 Å². The van der Waals surface area contributed by atoms with Crippen LogP contribution < -0.4 is 5.32 Å². The second kappa shape index (κ2) is 10.1. The van der Waals surface area contributed by atoms with Crippen LogP contribution in [0.2, 0.25) is 0 Å². The Kier molecular flexibility index (Phi) is 7.89. The molecule has 1 aliphatic rings. The summed E-state index contributed by atoms with van der Waals surface area (Å²) in [5.74, 6) is -1.88. The van der Waals surface area contributed by atoms with E-state index in [1.165, 1.54) is 29.2 Å². The van der Waals surface area contributed by atoms with Gasteiger partial charge in [0.1, 0.15) is 18.6 Å². The zero-order valence-corrected chi connectivity index (χ0v) is 16.0. The standard InChI is InChI=1S/C19H26FN3O5/c1-3-4-5-14(10-22(27)11-24)19(26)23-12-28-13(2)17(23)18(25)21-16-8-6-15(20)7-9-16/h6-9,11,13-14,17,27H,3-5,10,12H2,1-2H3,(H,21,25)/t13-,14-,17+/m1/s1. The zero-order chi connectivity index (χ0) is 20.7. The lowest BCUT2D eigenvalue weighted by Crippen LogP contribution is -2.50. The van der Waals surface area contributed by atoms with E-state index in [-0.39, 0.29) is 25.6 Å². The van der Waals surface area contributed by atoms with Gasteiger partial charge < -0.3 is 15.0 Å². The number of carbonyl (C=O) groups excluding carboxylic acids is 3. The summed E-state index contributed by atoms with van der Waals surface area (Å²) in [4.78, 5) is 37.8. The van der Waals surface area contributed by atoms with Crippen LogP contribution in [-0.4, -0.2) is 58.8 Å². The van der Waals surface area contributed by atoms with E-state index in [9.17, 15) is 24.0 Å². The molecule has 9 heteroatoms. The summed E-state index contributed by atoms with van der Waals surface area (Å²) in [6.45, 7) is 3.45. The Labute approximate surface area is 163 Å². The highest BCUT2D eigenvalue weighted by atomic mass is 19.1. The molecule has 1 fully saturated rings. The molecule has 28 heavy (non-hydrogen) atoms. The van der Waals surface area contributed by atoms with Gasteiger partial charge in [0.05, 0.1) is 18.6 Å². The van der Waals surface area contributed by atoms with Crippen LogP contribution in [0.4, 0.5) is 10.1 Å². The summed E-state index contributed by atoms with van der Waals surface area (Å²) in [5, 5.41) is 12.6. The van der Waals surface area contributed by atoms with E-state index >= 15 is 0 Å². The van der Waals surface area contributed by atoms with E-state index in [4.69, 9.17) is 4.74 Å². The molecule has 154 valence electrons. The minimum atomic E-state index is -0.870. The Hall–Kier alpha value is -2.52. The van der Waals surface area contributed by atoms with Gasteiger partial charge in [0.15, 0.2) is 0 Å². The van der Waals surface area contributed by atoms with Gasteiger partial charge in [-0.05, 0) is 37.6 Å². The number of unbranched alkanes of at least 4 members (excludes halogenated alkanes) is 1. The molecule has 8 nitrogen and oxygen atoms in total. The summed E-state index contributed by atoms with van der Waals surface area (Å²) in [5.41, 5.74) is 0.405. The number of hydrogen-bond donors (Lipinski definition) is 2. The molecule has 0 unspecified atom stereocenters. The van der Waals surface area contributed by atoms with Crippen molar-refractivity contribution in [3.63, 3.8) is 0 Å². The molecule has 1 aliphatic heterocycles. The Morgan fingerprint density at radius 2 is 2.11 bits per heavy atom. The first-order valence-electron chi connectivity index (χ1n) is 9.26. The van der Waals surface area contributed by atoms with E-state index in [1.807, 2.05) is 6.92 Å². The van der Waals surface area contributed by atoms with Gasteiger partial charge in [0.2, 0.25) is 18.2 Å².